The minimum Gasteiger partial charge on any atom is -0.468 e. The molecule has 2 amide bonds. The van der Waals surface area contributed by atoms with Gasteiger partial charge in [0.1, 0.15) is 11.6 Å². The molecular formula is C20H22N4O3. The molecule has 1 atom stereocenters. The van der Waals surface area contributed by atoms with E-state index < -0.39 is 5.91 Å². The van der Waals surface area contributed by atoms with Crippen molar-refractivity contribution in [2.24, 2.45) is 5.73 Å². The van der Waals surface area contributed by atoms with E-state index >= 15 is 0 Å². The zero-order chi connectivity index (χ0) is 19.0. The number of nitrogens with two attached hydrogens (primary N) is 1. The summed E-state index contributed by atoms with van der Waals surface area (Å²) in [6.45, 7) is 3.52. The van der Waals surface area contributed by atoms with Crippen molar-refractivity contribution < 1.29 is 14.0 Å². The Kier molecular flexibility index (Phi) is 4.43. The van der Waals surface area contributed by atoms with E-state index in [0.29, 0.717) is 17.9 Å². The van der Waals surface area contributed by atoms with Gasteiger partial charge in [0.05, 0.1) is 35.3 Å². The summed E-state index contributed by atoms with van der Waals surface area (Å²) in [5, 5.41) is 0. The van der Waals surface area contributed by atoms with E-state index in [1.807, 2.05) is 23.1 Å². The lowest BCUT2D eigenvalue weighted by Crippen LogP contribution is -2.32. The van der Waals surface area contributed by atoms with E-state index in [2.05, 4.69) is 17.6 Å². The number of rotatable bonds is 5. The lowest BCUT2D eigenvalue weighted by atomic mass is 10.1. The maximum Gasteiger partial charge on any atom is 0.258 e. The van der Waals surface area contributed by atoms with Crippen LogP contribution in [0.2, 0.25) is 0 Å². The summed E-state index contributed by atoms with van der Waals surface area (Å²) in [5.74, 6) is 0.564. The van der Waals surface area contributed by atoms with Gasteiger partial charge >= 0.3 is 0 Å². The predicted molar refractivity (Wildman–Crippen MR) is 100 cm³/mol. The molecule has 1 unspecified atom stereocenters. The van der Waals surface area contributed by atoms with E-state index in [9.17, 15) is 9.59 Å². The number of carbonyl (C=O) groups excluding carboxylic acids is 2. The van der Waals surface area contributed by atoms with Crippen molar-refractivity contribution in [3.05, 3.63) is 53.7 Å². The van der Waals surface area contributed by atoms with Crippen LogP contribution in [0.5, 0.6) is 0 Å². The number of para-hydroxylation sites is 2. The van der Waals surface area contributed by atoms with Crippen LogP contribution >= 0.6 is 0 Å². The number of furan rings is 1. The number of hydrogen-bond donors (Lipinski definition) is 1. The molecule has 1 aliphatic heterocycles. The van der Waals surface area contributed by atoms with E-state index in [-0.39, 0.29) is 18.4 Å². The first-order valence-electron chi connectivity index (χ1n) is 9.21. The predicted octanol–water partition coefficient (Wildman–Crippen LogP) is 2.65. The number of benzene rings is 1. The Labute approximate surface area is 156 Å². The molecule has 0 aliphatic carbocycles. The molecule has 0 saturated carbocycles. The zero-order valence-electron chi connectivity index (χ0n) is 15.2. The van der Waals surface area contributed by atoms with E-state index in [1.54, 1.807) is 6.07 Å². The number of fused-ring (bicyclic) bond motifs is 1. The molecule has 2 aromatic heterocycles. The Morgan fingerprint density at radius 2 is 2.11 bits per heavy atom. The van der Waals surface area contributed by atoms with Crippen LogP contribution in [0, 0.1) is 0 Å². The zero-order valence-corrected chi connectivity index (χ0v) is 15.2. The fourth-order valence-corrected chi connectivity index (χ4v) is 3.94. The Morgan fingerprint density at radius 1 is 1.30 bits per heavy atom. The van der Waals surface area contributed by atoms with Crippen molar-refractivity contribution in [2.75, 3.05) is 6.54 Å². The van der Waals surface area contributed by atoms with Crippen molar-refractivity contribution in [1.82, 2.24) is 14.5 Å². The van der Waals surface area contributed by atoms with Gasteiger partial charge < -0.3 is 19.6 Å². The highest BCUT2D eigenvalue weighted by Gasteiger charge is 2.35. The van der Waals surface area contributed by atoms with Crippen LogP contribution in [0.4, 0.5) is 0 Å². The Morgan fingerprint density at radius 3 is 2.89 bits per heavy atom. The molecule has 3 heterocycles. The molecule has 0 bridgehead atoms. The number of carbonyl (C=O) groups is 2. The van der Waals surface area contributed by atoms with E-state index in [0.717, 1.165) is 36.2 Å². The van der Waals surface area contributed by atoms with Gasteiger partial charge in [-0.3, -0.25) is 9.59 Å². The summed E-state index contributed by atoms with van der Waals surface area (Å²) in [6.07, 6.45) is 3.11. The maximum absolute atomic E-state index is 13.2. The average Bonchev–Trinajstić information content (AvgIpc) is 3.37. The normalized spacial score (nSPS) is 16.9. The molecule has 1 saturated heterocycles. The third kappa shape index (κ3) is 2.99. The third-order valence-electron chi connectivity index (χ3n) is 5.12. The van der Waals surface area contributed by atoms with Gasteiger partial charge in [-0.25, -0.2) is 4.98 Å². The molecule has 7 nitrogen and oxygen atoms in total. The van der Waals surface area contributed by atoms with Crippen LogP contribution in [-0.4, -0.2) is 32.8 Å². The highest BCUT2D eigenvalue weighted by Crippen LogP contribution is 2.35. The number of aromatic nitrogens is 2. The first-order valence-corrected chi connectivity index (χ1v) is 9.21. The van der Waals surface area contributed by atoms with E-state index in [1.165, 1.54) is 6.26 Å². The van der Waals surface area contributed by atoms with Crippen LogP contribution < -0.4 is 5.73 Å². The number of amides is 2. The Bertz CT molecular complexity index is 1000. The average molecular weight is 366 g/mol. The van der Waals surface area contributed by atoms with Crippen LogP contribution in [0.3, 0.4) is 0 Å². The van der Waals surface area contributed by atoms with Gasteiger partial charge in [0.25, 0.3) is 5.91 Å². The summed E-state index contributed by atoms with van der Waals surface area (Å²) in [4.78, 5) is 31.1. The first kappa shape index (κ1) is 17.3. The van der Waals surface area contributed by atoms with Crippen molar-refractivity contribution in [3.8, 4) is 0 Å². The number of nitrogens with zero attached hydrogens (tertiary/aromatic N) is 3. The third-order valence-corrected chi connectivity index (χ3v) is 5.12. The maximum atomic E-state index is 13.2. The lowest BCUT2D eigenvalue weighted by Gasteiger charge is -2.25. The largest absolute Gasteiger partial charge is 0.468 e. The van der Waals surface area contributed by atoms with Crippen LogP contribution in [0.15, 0.2) is 41.0 Å². The molecule has 0 spiro atoms. The summed E-state index contributed by atoms with van der Waals surface area (Å²) in [7, 11) is 0. The monoisotopic (exact) mass is 366 g/mol. The first-order chi connectivity index (χ1) is 13.1. The van der Waals surface area contributed by atoms with Crippen molar-refractivity contribution in [3.63, 3.8) is 0 Å². The van der Waals surface area contributed by atoms with Crippen LogP contribution in [0.1, 0.15) is 47.7 Å². The van der Waals surface area contributed by atoms with E-state index in [4.69, 9.17) is 15.1 Å². The molecule has 2 N–H and O–H groups in total. The second-order valence-electron chi connectivity index (χ2n) is 6.76. The lowest BCUT2D eigenvalue weighted by molar-refractivity contribution is -0.117. The van der Waals surface area contributed by atoms with Gasteiger partial charge in [0, 0.05) is 13.1 Å². The van der Waals surface area contributed by atoms with Crippen molar-refractivity contribution in [1.29, 1.82) is 0 Å². The van der Waals surface area contributed by atoms with Gasteiger partial charge in [-0.1, -0.05) is 12.1 Å². The topological polar surface area (TPSA) is 94.4 Å². The second-order valence-corrected chi connectivity index (χ2v) is 6.76. The number of primary amides is 1. The van der Waals surface area contributed by atoms with Gasteiger partial charge in [0.2, 0.25) is 5.91 Å². The Hall–Kier alpha value is -3.09. The SMILES string of the molecule is CCn1c(C2CCCN2C(=O)c2ccoc2CC(N)=O)nc2ccccc21. The minimum absolute atomic E-state index is 0.0833. The Balaban J connectivity index is 1.70. The fraction of sp³-hybridized carbons (Fsp3) is 0.350. The number of likely N-dealkylation sites (tertiary alicyclic amines) is 1. The number of aryl methyl sites for hydroxylation is 1. The molecular weight excluding hydrogens is 344 g/mol. The highest BCUT2D eigenvalue weighted by atomic mass is 16.3. The molecule has 1 fully saturated rings. The standard InChI is InChI=1S/C20H22N4O3/c1-2-23-15-7-4-3-6-14(15)22-19(23)16-8-5-10-24(16)20(26)13-9-11-27-17(13)12-18(21)25/h3-4,6-7,9,11,16H,2,5,8,10,12H2,1H3,(H2,21,25). The highest BCUT2D eigenvalue weighted by molar-refractivity contribution is 5.96. The number of hydrogen-bond acceptors (Lipinski definition) is 4. The second kappa shape index (κ2) is 6.90. The minimum atomic E-state index is -0.523. The summed E-state index contributed by atoms with van der Waals surface area (Å²) >= 11 is 0. The molecule has 4 rings (SSSR count). The summed E-state index contributed by atoms with van der Waals surface area (Å²) in [6, 6.07) is 9.53. The van der Waals surface area contributed by atoms with Gasteiger partial charge in [0.15, 0.2) is 0 Å². The molecule has 1 aromatic carbocycles. The molecule has 7 heteroatoms. The summed E-state index contributed by atoms with van der Waals surface area (Å²) in [5.41, 5.74) is 7.68. The molecule has 1 aliphatic rings. The molecule has 27 heavy (non-hydrogen) atoms. The molecule has 140 valence electrons. The number of imidazole rings is 1. The van der Waals surface area contributed by atoms with Crippen LogP contribution in [0.25, 0.3) is 11.0 Å². The molecule has 0 radical (unpaired) electrons. The smallest absolute Gasteiger partial charge is 0.258 e. The van der Waals surface area contributed by atoms with Crippen LogP contribution in [-0.2, 0) is 17.8 Å². The fourth-order valence-electron chi connectivity index (χ4n) is 3.94. The van der Waals surface area contributed by atoms with Crippen molar-refractivity contribution in [2.45, 2.75) is 38.8 Å². The summed E-state index contributed by atoms with van der Waals surface area (Å²) < 4.78 is 7.49. The van der Waals surface area contributed by atoms with Gasteiger partial charge in [-0.2, -0.15) is 0 Å². The van der Waals surface area contributed by atoms with Gasteiger partial charge in [-0.05, 0) is 38.0 Å². The molecule has 3 aromatic rings. The quantitative estimate of drug-likeness (QED) is 0.751. The van der Waals surface area contributed by atoms with Gasteiger partial charge in [-0.15, -0.1) is 0 Å². The van der Waals surface area contributed by atoms with Crippen molar-refractivity contribution >= 4 is 22.8 Å².